The highest BCUT2D eigenvalue weighted by Gasteiger charge is 2.35. The summed E-state index contributed by atoms with van der Waals surface area (Å²) < 4.78 is 39.3. The van der Waals surface area contributed by atoms with Gasteiger partial charge in [0.25, 0.3) is 0 Å². The monoisotopic (exact) mass is 350 g/mol. The zero-order valence-corrected chi connectivity index (χ0v) is 15.5. The van der Waals surface area contributed by atoms with Crippen LogP contribution in [-0.4, -0.2) is 28.3 Å². The van der Waals surface area contributed by atoms with Crippen LogP contribution in [0.1, 0.15) is 47.2 Å². The minimum absolute atomic E-state index is 0.101. The van der Waals surface area contributed by atoms with Gasteiger partial charge in [-0.15, -0.1) is 0 Å². The van der Waals surface area contributed by atoms with Gasteiger partial charge in [0.05, 0.1) is 0 Å². The quantitative estimate of drug-likeness (QED) is 0.496. The molecule has 0 atom stereocenters. The molecule has 0 saturated carbocycles. The number of nitrogens with zero attached hydrogens (tertiary/aromatic N) is 3. The zero-order chi connectivity index (χ0) is 18.1. The lowest BCUT2D eigenvalue weighted by Gasteiger charge is -2.36. The van der Waals surface area contributed by atoms with Crippen molar-refractivity contribution in [2.75, 3.05) is 17.8 Å². The van der Waals surface area contributed by atoms with Crippen molar-refractivity contribution in [1.82, 2.24) is 15.4 Å². The lowest BCUT2D eigenvalue weighted by Crippen LogP contribution is -2.52. The first kappa shape index (κ1) is 20.0. The van der Waals surface area contributed by atoms with Gasteiger partial charge in [-0.1, -0.05) is 32.5 Å². The van der Waals surface area contributed by atoms with Crippen molar-refractivity contribution in [1.29, 1.82) is 0 Å². The Balaban J connectivity index is 3.33. The van der Waals surface area contributed by atoms with Gasteiger partial charge >= 0.3 is 6.18 Å². The van der Waals surface area contributed by atoms with E-state index < -0.39 is 11.9 Å². The Bertz CT molecular complexity index is 517. The number of hydrazine groups is 1. The van der Waals surface area contributed by atoms with E-state index in [1.54, 1.807) is 11.3 Å². The van der Waals surface area contributed by atoms with E-state index in [-0.39, 0.29) is 21.9 Å². The minimum atomic E-state index is -4.50. The van der Waals surface area contributed by atoms with Gasteiger partial charge in [0, 0.05) is 18.2 Å². The van der Waals surface area contributed by atoms with Crippen LogP contribution >= 0.6 is 11.8 Å². The Morgan fingerprint density at radius 1 is 1.09 bits per heavy atom. The van der Waals surface area contributed by atoms with Crippen molar-refractivity contribution < 1.29 is 13.2 Å². The van der Waals surface area contributed by atoms with Crippen molar-refractivity contribution in [3.05, 3.63) is 11.8 Å². The van der Waals surface area contributed by atoms with Crippen LogP contribution in [0.25, 0.3) is 0 Å². The molecule has 1 N–H and O–H groups in total. The average molecular weight is 350 g/mol. The molecule has 0 fully saturated rings. The van der Waals surface area contributed by atoms with Crippen molar-refractivity contribution >= 4 is 17.6 Å². The smallest absolute Gasteiger partial charge is 0.291 e. The van der Waals surface area contributed by atoms with E-state index in [9.17, 15) is 13.2 Å². The number of hydrogen-bond donors (Lipinski definition) is 1. The maximum Gasteiger partial charge on any atom is 0.433 e. The van der Waals surface area contributed by atoms with Crippen LogP contribution in [0.4, 0.5) is 19.0 Å². The summed E-state index contributed by atoms with van der Waals surface area (Å²) in [5, 5.41) is 1.78. The number of nitrogens with one attached hydrogen (secondary N) is 1. The SMILES string of the molecule is CSc1nc(N(CC(C)(C)C)NC(C)(C)C)cc(C(F)(F)F)n1. The molecule has 1 heterocycles. The molecule has 0 amide bonds. The van der Waals surface area contributed by atoms with E-state index in [0.717, 1.165) is 17.8 Å². The third-order valence-electron chi connectivity index (χ3n) is 2.54. The molecule has 23 heavy (non-hydrogen) atoms. The van der Waals surface area contributed by atoms with E-state index in [1.165, 1.54) is 0 Å². The molecule has 0 unspecified atom stereocenters. The third kappa shape index (κ3) is 6.95. The summed E-state index contributed by atoms with van der Waals surface area (Å²) in [6.07, 6.45) is -2.85. The summed E-state index contributed by atoms with van der Waals surface area (Å²) in [7, 11) is 0. The number of halogens is 3. The van der Waals surface area contributed by atoms with Crippen LogP contribution in [0, 0.1) is 5.41 Å². The minimum Gasteiger partial charge on any atom is -0.291 e. The topological polar surface area (TPSA) is 41.1 Å². The molecular weight excluding hydrogens is 325 g/mol. The van der Waals surface area contributed by atoms with E-state index in [0.29, 0.717) is 6.54 Å². The second-order valence-electron chi connectivity index (χ2n) is 7.60. The molecule has 0 aliphatic rings. The van der Waals surface area contributed by atoms with Crippen molar-refractivity contribution in [2.24, 2.45) is 5.41 Å². The lowest BCUT2D eigenvalue weighted by molar-refractivity contribution is -0.141. The number of rotatable bonds is 4. The molecule has 0 aliphatic heterocycles. The normalized spacial score (nSPS) is 13.3. The van der Waals surface area contributed by atoms with E-state index in [2.05, 4.69) is 15.4 Å². The summed E-state index contributed by atoms with van der Waals surface area (Å²) in [4.78, 5) is 7.82. The second kappa shape index (κ2) is 6.84. The number of thioether (sulfide) groups is 1. The number of anilines is 1. The van der Waals surface area contributed by atoms with Gasteiger partial charge in [-0.05, 0) is 32.4 Å². The van der Waals surface area contributed by atoms with Gasteiger partial charge in [-0.25, -0.2) is 15.4 Å². The van der Waals surface area contributed by atoms with Crippen LogP contribution in [0.3, 0.4) is 0 Å². The summed E-state index contributed by atoms with van der Waals surface area (Å²) >= 11 is 1.09. The van der Waals surface area contributed by atoms with Gasteiger partial charge < -0.3 is 0 Å². The first-order valence-corrected chi connectivity index (χ1v) is 8.49. The molecule has 0 saturated heterocycles. The van der Waals surface area contributed by atoms with Gasteiger partial charge in [0.2, 0.25) is 0 Å². The van der Waals surface area contributed by atoms with Crippen LogP contribution in [0.2, 0.25) is 0 Å². The first-order valence-electron chi connectivity index (χ1n) is 7.27. The van der Waals surface area contributed by atoms with Crippen LogP contribution in [-0.2, 0) is 6.18 Å². The molecule has 4 nitrogen and oxygen atoms in total. The third-order valence-corrected chi connectivity index (χ3v) is 3.09. The summed E-state index contributed by atoms with van der Waals surface area (Å²) in [6.45, 7) is 12.4. The molecule has 1 aromatic heterocycles. The average Bonchev–Trinajstić information content (AvgIpc) is 2.33. The van der Waals surface area contributed by atoms with Crippen LogP contribution in [0.5, 0.6) is 0 Å². The molecular formula is C15H25F3N4S. The van der Waals surface area contributed by atoms with E-state index >= 15 is 0 Å². The predicted octanol–water partition coefficient (Wildman–Crippen LogP) is 4.37. The summed E-state index contributed by atoms with van der Waals surface area (Å²) in [5.74, 6) is 0.224. The van der Waals surface area contributed by atoms with E-state index in [1.807, 2.05) is 41.5 Å². The highest BCUT2D eigenvalue weighted by atomic mass is 32.2. The van der Waals surface area contributed by atoms with Crippen molar-refractivity contribution in [3.8, 4) is 0 Å². The maximum absolute atomic E-state index is 13.1. The number of alkyl halides is 3. The Morgan fingerprint density at radius 2 is 1.65 bits per heavy atom. The number of hydrogen-bond acceptors (Lipinski definition) is 5. The largest absolute Gasteiger partial charge is 0.433 e. The number of aromatic nitrogens is 2. The van der Waals surface area contributed by atoms with E-state index in [4.69, 9.17) is 0 Å². The Labute approximate surface area is 140 Å². The van der Waals surface area contributed by atoms with Crippen molar-refractivity contribution in [2.45, 2.75) is 58.4 Å². The molecule has 0 aliphatic carbocycles. The maximum atomic E-state index is 13.1. The fourth-order valence-corrected chi connectivity index (χ4v) is 2.22. The first-order chi connectivity index (χ1) is 10.2. The van der Waals surface area contributed by atoms with Gasteiger partial charge in [-0.3, -0.25) is 5.01 Å². The molecule has 1 aromatic rings. The molecule has 0 aromatic carbocycles. The van der Waals surface area contributed by atoms with Crippen LogP contribution < -0.4 is 10.4 Å². The highest BCUT2D eigenvalue weighted by Crippen LogP contribution is 2.31. The van der Waals surface area contributed by atoms with Gasteiger partial charge in [-0.2, -0.15) is 13.2 Å². The molecule has 0 spiro atoms. The van der Waals surface area contributed by atoms with Gasteiger partial charge in [0.15, 0.2) is 10.9 Å². The molecule has 1 rings (SSSR count). The standard InChI is InChI=1S/C15H25F3N4S/c1-13(2,3)9-22(21-14(4,5)6)11-8-10(15(16,17)18)19-12(20-11)23-7/h8,21H,9H2,1-7H3. The molecule has 132 valence electrons. The highest BCUT2D eigenvalue weighted by molar-refractivity contribution is 7.98. The fourth-order valence-electron chi connectivity index (χ4n) is 1.84. The second-order valence-corrected chi connectivity index (χ2v) is 8.38. The van der Waals surface area contributed by atoms with Gasteiger partial charge in [0.1, 0.15) is 5.82 Å². The lowest BCUT2D eigenvalue weighted by atomic mass is 9.96. The Kier molecular flexibility index (Phi) is 5.96. The summed E-state index contributed by atoms with van der Waals surface area (Å²) in [5.41, 5.74) is 1.86. The molecule has 0 bridgehead atoms. The molecule has 0 radical (unpaired) electrons. The van der Waals surface area contributed by atoms with Crippen molar-refractivity contribution in [3.63, 3.8) is 0 Å². The predicted molar refractivity (Wildman–Crippen MR) is 88.5 cm³/mol. The zero-order valence-electron chi connectivity index (χ0n) is 14.7. The Hall–Kier alpha value is -1.02. The fraction of sp³-hybridized carbons (Fsp3) is 0.733. The summed E-state index contributed by atoms with van der Waals surface area (Å²) in [6, 6.07) is 0.990. The molecule has 8 heteroatoms. The van der Waals surface area contributed by atoms with Crippen LogP contribution in [0.15, 0.2) is 11.2 Å². The Morgan fingerprint density at radius 3 is 2.04 bits per heavy atom.